The first-order valence-corrected chi connectivity index (χ1v) is 7.19. The van der Waals surface area contributed by atoms with E-state index in [0.717, 1.165) is 31.5 Å². The summed E-state index contributed by atoms with van der Waals surface area (Å²) in [4.78, 5) is 18.4. The second kappa shape index (κ2) is 5.50. The van der Waals surface area contributed by atoms with E-state index in [1.54, 1.807) is 6.20 Å². The van der Waals surface area contributed by atoms with Crippen molar-refractivity contribution in [2.24, 2.45) is 0 Å². The molecule has 1 saturated carbocycles. The highest BCUT2D eigenvalue weighted by Gasteiger charge is 2.36. The molecule has 0 spiro atoms. The lowest BCUT2D eigenvalue weighted by Crippen LogP contribution is -2.59. The van der Waals surface area contributed by atoms with Gasteiger partial charge in [-0.2, -0.15) is 0 Å². The topological polar surface area (TPSA) is 54.5 Å². The first-order valence-electron chi connectivity index (χ1n) is 7.19. The molecule has 3 rings (SSSR count). The van der Waals surface area contributed by atoms with E-state index < -0.39 is 0 Å². The molecule has 0 radical (unpaired) electrons. The van der Waals surface area contributed by atoms with Crippen LogP contribution < -0.4 is 5.32 Å². The molecular formula is C15H21N3O2. The van der Waals surface area contributed by atoms with Crippen LogP contribution in [-0.4, -0.2) is 47.1 Å². The number of hydrogen-bond acceptors (Lipinski definition) is 4. The summed E-state index contributed by atoms with van der Waals surface area (Å²) in [5.41, 5.74) is 0.906. The van der Waals surface area contributed by atoms with Crippen LogP contribution in [-0.2, 0) is 16.1 Å². The Kier molecular flexibility index (Phi) is 3.72. The van der Waals surface area contributed by atoms with Crippen molar-refractivity contribution in [1.29, 1.82) is 0 Å². The minimum absolute atomic E-state index is 0.0875. The molecule has 0 aromatic carbocycles. The summed E-state index contributed by atoms with van der Waals surface area (Å²) >= 11 is 0. The average molecular weight is 275 g/mol. The van der Waals surface area contributed by atoms with Gasteiger partial charge in [0.25, 0.3) is 0 Å². The summed E-state index contributed by atoms with van der Waals surface area (Å²) in [5.74, 6) is 0.0875. The van der Waals surface area contributed by atoms with Crippen molar-refractivity contribution in [3.63, 3.8) is 0 Å². The zero-order valence-electron chi connectivity index (χ0n) is 11.8. The number of carbonyl (C=O) groups is 1. The minimum Gasteiger partial charge on any atom is -0.363 e. The highest BCUT2D eigenvalue weighted by molar-refractivity contribution is 5.78. The van der Waals surface area contributed by atoms with Gasteiger partial charge in [0.2, 0.25) is 5.91 Å². The van der Waals surface area contributed by atoms with E-state index in [0.29, 0.717) is 12.6 Å². The predicted molar refractivity (Wildman–Crippen MR) is 75.0 cm³/mol. The van der Waals surface area contributed by atoms with Gasteiger partial charge in [-0.3, -0.25) is 9.78 Å². The molecular weight excluding hydrogens is 254 g/mol. The maximum Gasteiger partial charge on any atom is 0.249 e. The van der Waals surface area contributed by atoms with Gasteiger partial charge in [-0.15, -0.1) is 0 Å². The van der Waals surface area contributed by atoms with Gasteiger partial charge < -0.3 is 15.0 Å². The molecule has 5 heteroatoms. The van der Waals surface area contributed by atoms with Gasteiger partial charge in [0.15, 0.2) is 0 Å². The molecule has 1 aromatic rings. The van der Waals surface area contributed by atoms with Crippen LogP contribution in [0.3, 0.4) is 0 Å². The van der Waals surface area contributed by atoms with Crippen LogP contribution in [0.25, 0.3) is 0 Å². The first-order chi connectivity index (χ1) is 9.66. The monoisotopic (exact) mass is 275 g/mol. The highest BCUT2D eigenvalue weighted by atomic mass is 16.5. The summed E-state index contributed by atoms with van der Waals surface area (Å²) in [6.07, 6.45) is 5.77. The molecule has 0 unspecified atom stereocenters. The van der Waals surface area contributed by atoms with Gasteiger partial charge in [-0.25, -0.2) is 0 Å². The van der Waals surface area contributed by atoms with Crippen LogP contribution in [0.1, 0.15) is 25.3 Å². The molecule has 1 aliphatic heterocycles. The van der Waals surface area contributed by atoms with E-state index in [1.807, 2.05) is 30.2 Å². The molecule has 2 fully saturated rings. The molecule has 2 aliphatic rings. The third-order valence-corrected chi connectivity index (χ3v) is 3.93. The van der Waals surface area contributed by atoms with Crippen LogP contribution in [0.4, 0.5) is 0 Å². The third-order valence-electron chi connectivity index (χ3n) is 3.93. The largest absolute Gasteiger partial charge is 0.363 e. The Hall–Kier alpha value is -1.46. The number of rotatable bonds is 6. The van der Waals surface area contributed by atoms with Gasteiger partial charge in [0, 0.05) is 38.1 Å². The summed E-state index contributed by atoms with van der Waals surface area (Å²) in [5, 5.41) is 3.17. The van der Waals surface area contributed by atoms with Crippen molar-refractivity contribution in [2.45, 2.75) is 38.0 Å². The maximum absolute atomic E-state index is 12.4. The molecule has 0 bridgehead atoms. The highest BCUT2D eigenvalue weighted by Crippen LogP contribution is 2.28. The Morgan fingerprint density at radius 1 is 1.55 bits per heavy atom. The van der Waals surface area contributed by atoms with Crippen LogP contribution >= 0.6 is 0 Å². The maximum atomic E-state index is 12.4. The van der Waals surface area contributed by atoms with Crippen molar-refractivity contribution in [3.8, 4) is 0 Å². The van der Waals surface area contributed by atoms with E-state index in [9.17, 15) is 4.79 Å². The Balaban J connectivity index is 1.57. The molecule has 5 nitrogen and oxygen atoms in total. The number of pyridine rings is 1. The lowest BCUT2D eigenvalue weighted by molar-refractivity contribution is -0.147. The number of ether oxygens (including phenoxy) is 1. The normalized spacial score (nSPS) is 20.2. The lowest BCUT2D eigenvalue weighted by atomic mass is 10.0. The fourth-order valence-corrected chi connectivity index (χ4v) is 2.39. The molecule has 1 amide bonds. The number of nitrogens with one attached hydrogen (secondary N) is 1. The van der Waals surface area contributed by atoms with Crippen LogP contribution in [0.15, 0.2) is 24.5 Å². The zero-order valence-corrected chi connectivity index (χ0v) is 11.8. The van der Waals surface area contributed by atoms with Crippen LogP contribution in [0.2, 0.25) is 0 Å². The third kappa shape index (κ3) is 3.16. The van der Waals surface area contributed by atoms with E-state index in [4.69, 9.17) is 4.74 Å². The minimum atomic E-state index is -0.167. The first kappa shape index (κ1) is 13.5. The Morgan fingerprint density at radius 3 is 2.90 bits per heavy atom. The van der Waals surface area contributed by atoms with Crippen LogP contribution in [0.5, 0.6) is 0 Å². The molecule has 1 N–H and O–H groups in total. The van der Waals surface area contributed by atoms with Gasteiger partial charge in [0.05, 0.1) is 5.60 Å². The van der Waals surface area contributed by atoms with Crippen molar-refractivity contribution in [3.05, 3.63) is 30.1 Å². The molecule has 0 atom stereocenters. The van der Waals surface area contributed by atoms with Crippen molar-refractivity contribution >= 4 is 5.91 Å². The summed E-state index contributed by atoms with van der Waals surface area (Å²) in [6.45, 7) is 4.50. The number of amides is 1. The zero-order chi connectivity index (χ0) is 14.0. The average Bonchev–Trinajstić information content (AvgIpc) is 3.26. The van der Waals surface area contributed by atoms with Crippen molar-refractivity contribution < 1.29 is 9.53 Å². The molecule has 1 aromatic heterocycles. The van der Waals surface area contributed by atoms with E-state index in [1.165, 1.54) is 0 Å². The number of nitrogens with zero attached hydrogens (tertiary/aromatic N) is 2. The van der Waals surface area contributed by atoms with E-state index >= 15 is 0 Å². The van der Waals surface area contributed by atoms with Gasteiger partial charge in [-0.1, -0.05) is 6.07 Å². The molecule has 108 valence electrons. The lowest BCUT2D eigenvalue weighted by Gasteiger charge is -2.39. The summed E-state index contributed by atoms with van der Waals surface area (Å²) in [7, 11) is 0. The Bertz CT molecular complexity index is 469. The van der Waals surface area contributed by atoms with Crippen molar-refractivity contribution in [1.82, 2.24) is 15.2 Å². The standard InChI is InChI=1S/C15H21N3O2/c1-15(10-17-11-15)20-9-14(19)18(13-4-5-13)8-12-3-2-6-16-7-12/h2-3,6-7,13,17H,4-5,8-11H2,1H3. The quantitative estimate of drug-likeness (QED) is 0.840. The fourth-order valence-electron chi connectivity index (χ4n) is 2.39. The second-order valence-electron chi connectivity index (χ2n) is 5.96. The molecule has 2 heterocycles. The van der Waals surface area contributed by atoms with E-state index in [-0.39, 0.29) is 18.1 Å². The van der Waals surface area contributed by atoms with Crippen LogP contribution in [0, 0.1) is 0 Å². The number of aromatic nitrogens is 1. The predicted octanol–water partition coefficient (Wildman–Crippen LogP) is 0.951. The molecule has 1 saturated heterocycles. The van der Waals surface area contributed by atoms with Gasteiger partial charge >= 0.3 is 0 Å². The fraction of sp³-hybridized carbons (Fsp3) is 0.600. The van der Waals surface area contributed by atoms with Crippen molar-refractivity contribution in [2.75, 3.05) is 19.7 Å². The SMILES string of the molecule is CC1(OCC(=O)N(Cc2cccnc2)C2CC2)CNC1. The Morgan fingerprint density at radius 2 is 2.35 bits per heavy atom. The molecule has 20 heavy (non-hydrogen) atoms. The van der Waals surface area contributed by atoms with Gasteiger partial charge in [-0.05, 0) is 31.4 Å². The molecule has 1 aliphatic carbocycles. The van der Waals surface area contributed by atoms with E-state index in [2.05, 4.69) is 10.3 Å². The summed E-state index contributed by atoms with van der Waals surface area (Å²) in [6, 6.07) is 4.30. The number of hydrogen-bond donors (Lipinski definition) is 1. The second-order valence-corrected chi connectivity index (χ2v) is 5.96. The summed E-state index contributed by atoms with van der Waals surface area (Å²) < 4.78 is 5.75. The van der Waals surface area contributed by atoms with Gasteiger partial charge in [0.1, 0.15) is 6.61 Å². The smallest absolute Gasteiger partial charge is 0.249 e. The Labute approximate surface area is 119 Å². The number of carbonyl (C=O) groups excluding carboxylic acids is 1.